The van der Waals surface area contributed by atoms with Gasteiger partial charge in [-0.3, -0.25) is 20.4 Å². The first kappa shape index (κ1) is 13.1. The van der Waals surface area contributed by atoms with Crippen LogP contribution in [0.1, 0.15) is 9.67 Å². The normalized spacial score (nSPS) is 10.3. The third-order valence-electron chi connectivity index (χ3n) is 2.14. The molecule has 18 heavy (non-hydrogen) atoms. The number of alkyl halides is 1. The van der Waals surface area contributed by atoms with Gasteiger partial charge in [-0.15, -0.1) is 22.9 Å². The second-order valence-electron chi connectivity index (χ2n) is 3.43. The quantitative estimate of drug-likeness (QED) is 0.661. The predicted molar refractivity (Wildman–Crippen MR) is 73.2 cm³/mol. The van der Waals surface area contributed by atoms with Crippen molar-refractivity contribution >= 4 is 56.4 Å². The summed E-state index contributed by atoms with van der Waals surface area (Å²) in [5.41, 5.74) is 4.48. The molecule has 1 heterocycles. The molecule has 0 aliphatic heterocycles. The Morgan fingerprint density at radius 2 is 2.00 bits per heavy atom. The number of rotatable bonds is 2. The van der Waals surface area contributed by atoms with E-state index < -0.39 is 5.91 Å². The van der Waals surface area contributed by atoms with Crippen LogP contribution in [0.2, 0.25) is 5.02 Å². The van der Waals surface area contributed by atoms with Gasteiger partial charge in [0.05, 0.1) is 4.88 Å². The molecule has 0 radical (unpaired) electrons. The highest BCUT2D eigenvalue weighted by Gasteiger charge is 2.11. The van der Waals surface area contributed by atoms with Crippen LogP contribution < -0.4 is 10.9 Å². The summed E-state index contributed by atoms with van der Waals surface area (Å²) in [4.78, 5) is 23.1. The molecule has 0 spiro atoms. The number of nitrogens with one attached hydrogen (secondary N) is 2. The van der Waals surface area contributed by atoms with Gasteiger partial charge in [0.1, 0.15) is 5.88 Å². The average Bonchev–Trinajstić information content (AvgIpc) is 2.78. The number of carbonyl (C=O) groups excluding carboxylic acids is 2. The molecule has 2 amide bonds. The molecule has 2 N–H and O–H groups in total. The predicted octanol–water partition coefficient (Wildman–Crippen LogP) is 2.55. The lowest BCUT2D eigenvalue weighted by atomic mass is 10.2. The number of halogens is 2. The summed E-state index contributed by atoms with van der Waals surface area (Å²) in [6.07, 6.45) is 0. The fraction of sp³-hybridized carbons (Fsp3) is 0.0909. The molecule has 0 saturated carbocycles. The molecule has 94 valence electrons. The first-order valence-electron chi connectivity index (χ1n) is 4.94. The molecule has 0 aliphatic rings. The molecule has 0 bridgehead atoms. The van der Waals surface area contributed by atoms with Crippen molar-refractivity contribution in [3.05, 3.63) is 34.2 Å². The number of hydrazine groups is 1. The Bertz CT molecular complexity index is 612. The number of amides is 2. The molecule has 1 aromatic carbocycles. The summed E-state index contributed by atoms with van der Waals surface area (Å²) < 4.78 is 0.913. The molecular weight excluding hydrogens is 295 g/mol. The van der Waals surface area contributed by atoms with Crippen LogP contribution in [0, 0.1) is 0 Å². The summed E-state index contributed by atoms with van der Waals surface area (Å²) in [7, 11) is 0. The summed E-state index contributed by atoms with van der Waals surface area (Å²) in [6.45, 7) is 0. The highest BCUT2D eigenvalue weighted by atomic mass is 35.5. The van der Waals surface area contributed by atoms with Gasteiger partial charge in [0, 0.05) is 9.72 Å². The molecule has 0 atom stereocenters. The van der Waals surface area contributed by atoms with E-state index in [1.807, 2.05) is 6.07 Å². The molecule has 2 rings (SSSR count). The molecule has 0 unspecified atom stereocenters. The van der Waals surface area contributed by atoms with E-state index in [4.69, 9.17) is 23.2 Å². The highest BCUT2D eigenvalue weighted by Crippen LogP contribution is 2.27. The zero-order valence-electron chi connectivity index (χ0n) is 9.00. The minimum absolute atomic E-state index is 0.206. The minimum Gasteiger partial charge on any atom is -0.272 e. The number of hydrogen-bond donors (Lipinski definition) is 2. The number of thiophene rings is 1. The number of carbonyl (C=O) groups is 2. The van der Waals surface area contributed by atoms with E-state index in [-0.39, 0.29) is 11.8 Å². The van der Waals surface area contributed by atoms with Crippen molar-refractivity contribution in [1.82, 2.24) is 10.9 Å². The number of fused-ring (bicyclic) bond motifs is 1. The van der Waals surface area contributed by atoms with Gasteiger partial charge in [-0.25, -0.2) is 0 Å². The Morgan fingerprint density at radius 1 is 1.22 bits per heavy atom. The molecular formula is C11H8Cl2N2O2S. The van der Waals surface area contributed by atoms with Crippen LogP contribution >= 0.6 is 34.5 Å². The minimum atomic E-state index is -0.464. The van der Waals surface area contributed by atoms with Gasteiger partial charge >= 0.3 is 0 Å². The monoisotopic (exact) mass is 302 g/mol. The van der Waals surface area contributed by atoms with Gasteiger partial charge in [0.15, 0.2) is 0 Å². The van der Waals surface area contributed by atoms with Crippen molar-refractivity contribution < 1.29 is 9.59 Å². The maximum Gasteiger partial charge on any atom is 0.279 e. The third kappa shape index (κ3) is 2.93. The molecule has 7 heteroatoms. The van der Waals surface area contributed by atoms with E-state index in [1.54, 1.807) is 18.2 Å². The summed E-state index contributed by atoms with van der Waals surface area (Å²) in [6, 6.07) is 7.12. The zero-order chi connectivity index (χ0) is 13.1. The number of benzene rings is 1. The van der Waals surface area contributed by atoms with E-state index in [0.29, 0.717) is 9.90 Å². The van der Waals surface area contributed by atoms with E-state index in [0.717, 1.165) is 10.1 Å². The van der Waals surface area contributed by atoms with E-state index >= 15 is 0 Å². The second-order valence-corrected chi connectivity index (χ2v) is 5.22. The maximum atomic E-state index is 11.7. The Morgan fingerprint density at radius 3 is 2.72 bits per heavy atom. The van der Waals surface area contributed by atoms with Gasteiger partial charge in [0.2, 0.25) is 0 Å². The molecule has 4 nitrogen and oxygen atoms in total. The molecule has 1 aromatic heterocycles. The molecule has 0 saturated heterocycles. The lowest BCUT2D eigenvalue weighted by molar-refractivity contribution is -0.119. The zero-order valence-corrected chi connectivity index (χ0v) is 11.3. The second kappa shape index (κ2) is 5.56. The van der Waals surface area contributed by atoms with Crippen LogP contribution in [0.3, 0.4) is 0 Å². The van der Waals surface area contributed by atoms with E-state index in [9.17, 15) is 9.59 Å². The first-order valence-corrected chi connectivity index (χ1v) is 6.67. The van der Waals surface area contributed by atoms with Crippen molar-refractivity contribution in [2.45, 2.75) is 0 Å². The van der Waals surface area contributed by atoms with Crippen molar-refractivity contribution in [2.75, 3.05) is 5.88 Å². The van der Waals surface area contributed by atoms with Gasteiger partial charge in [0.25, 0.3) is 11.8 Å². The Hall–Kier alpha value is -1.30. The molecule has 2 aromatic rings. The summed E-state index contributed by atoms with van der Waals surface area (Å²) >= 11 is 12.4. The SMILES string of the molecule is O=C(CCl)NNC(=O)c1cc2ccc(Cl)cc2s1. The van der Waals surface area contributed by atoms with Crippen molar-refractivity contribution in [3.63, 3.8) is 0 Å². The topological polar surface area (TPSA) is 58.2 Å². The average molecular weight is 303 g/mol. The van der Waals surface area contributed by atoms with Crippen LogP contribution in [0.4, 0.5) is 0 Å². The van der Waals surface area contributed by atoms with Crippen molar-refractivity contribution in [1.29, 1.82) is 0 Å². The Balaban J connectivity index is 2.15. The van der Waals surface area contributed by atoms with Crippen LogP contribution in [0.5, 0.6) is 0 Å². The van der Waals surface area contributed by atoms with Gasteiger partial charge in [-0.05, 0) is 23.6 Å². The van der Waals surface area contributed by atoms with Crippen LogP contribution in [0.15, 0.2) is 24.3 Å². The largest absolute Gasteiger partial charge is 0.279 e. The lowest BCUT2D eigenvalue weighted by Crippen LogP contribution is -2.41. The fourth-order valence-electron chi connectivity index (χ4n) is 1.34. The summed E-state index contributed by atoms with van der Waals surface area (Å²) in [5, 5.41) is 1.55. The van der Waals surface area contributed by atoms with Gasteiger partial charge < -0.3 is 0 Å². The Kier molecular flexibility index (Phi) is 4.06. The summed E-state index contributed by atoms with van der Waals surface area (Å²) in [5.74, 6) is -1.05. The standard InChI is InChI=1S/C11H8Cl2N2O2S/c12-5-10(16)14-15-11(17)9-3-6-1-2-7(13)4-8(6)18-9/h1-4H,5H2,(H,14,16)(H,15,17). The van der Waals surface area contributed by atoms with Crippen LogP contribution in [-0.4, -0.2) is 17.7 Å². The first-order chi connectivity index (χ1) is 8.60. The van der Waals surface area contributed by atoms with E-state index in [2.05, 4.69) is 10.9 Å². The highest BCUT2D eigenvalue weighted by molar-refractivity contribution is 7.20. The van der Waals surface area contributed by atoms with Gasteiger partial charge in [-0.1, -0.05) is 17.7 Å². The van der Waals surface area contributed by atoms with Crippen molar-refractivity contribution in [3.8, 4) is 0 Å². The van der Waals surface area contributed by atoms with Crippen molar-refractivity contribution in [2.24, 2.45) is 0 Å². The Labute approximate surface area is 117 Å². The van der Waals surface area contributed by atoms with Gasteiger partial charge in [-0.2, -0.15) is 0 Å². The fourth-order valence-corrected chi connectivity index (χ4v) is 2.64. The lowest BCUT2D eigenvalue weighted by Gasteiger charge is -2.02. The smallest absolute Gasteiger partial charge is 0.272 e. The third-order valence-corrected chi connectivity index (χ3v) is 3.72. The van der Waals surface area contributed by atoms with Crippen LogP contribution in [0.25, 0.3) is 10.1 Å². The molecule has 0 aliphatic carbocycles. The van der Waals surface area contributed by atoms with Crippen LogP contribution in [-0.2, 0) is 4.79 Å². The maximum absolute atomic E-state index is 11.7. The van der Waals surface area contributed by atoms with E-state index in [1.165, 1.54) is 11.3 Å². The number of hydrogen-bond acceptors (Lipinski definition) is 3. The molecule has 0 fully saturated rings.